The molecule has 3 N–H and O–H groups in total. The monoisotopic (exact) mass is 537 g/mol. The number of likely N-dealkylation sites (tertiary alicyclic amines) is 1. The molecule has 0 spiro atoms. The minimum absolute atomic E-state index is 0.0117. The van der Waals surface area contributed by atoms with E-state index in [0.717, 1.165) is 42.5 Å². The summed E-state index contributed by atoms with van der Waals surface area (Å²) in [5, 5.41) is 14.9. The standard InChI is InChI=1S/C30H39N3O6/c1-19-6-4-5-7-25(19)31-30(37)32-26-15-9-21(16-27(26)38-3)17-28(34)33-20(2)8-12-23(33)18-39-24-13-10-22(11-14-24)29(35)36/h4-7,9,15-16,20,22-24H,8,10-14,17-18H2,1-3H3,(H,35,36)(H2,31,32,37). The van der Waals surface area contributed by atoms with Crippen LogP contribution in [0.25, 0.3) is 0 Å². The smallest absolute Gasteiger partial charge is 0.323 e. The highest BCUT2D eigenvalue weighted by Crippen LogP contribution is 2.31. The highest BCUT2D eigenvalue weighted by atomic mass is 16.5. The van der Waals surface area contributed by atoms with Crippen molar-refractivity contribution in [1.82, 2.24) is 4.90 Å². The number of benzene rings is 2. The fourth-order valence-electron chi connectivity index (χ4n) is 5.61. The number of hydrogen-bond donors (Lipinski definition) is 3. The van der Waals surface area contributed by atoms with Crippen LogP contribution in [0.5, 0.6) is 5.75 Å². The van der Waals surface area contributed by atoms with Crippen LogP contribution >= 0.6 is 0 Å². The SMILES string of the molecule is COc1cc(CC(=O)N2C(C)CCC2COC2CCC(C(=O)O)CC2)ccc1NC(=O)Nc1ccccc1C. The number of methoxy groups -OCH3 is 1. The number of aryl methyl sites for hydroxylation is 1. The van der Waals surface area contributed by atoms with E-state index < -0.39 is 5.97 Å². The minimum Gasteiger partial charge on any atom is -0.495 e. The zero-order valence-electron chi connectivity index (χ0n) is 22.9. The molecule has 1 heterocycles. The number of carbonyl (C=O) groups excluding carboxylic acids is 2. The molecule has 2 unspecified atom stereocenters. The van der Waals surface area contributed by atoms with Gasteiger partial charge in [-0.25, -0.2) is 4.79 Å². The zero-order chi connectivity index (χ0) is 27.9. The normalized spacial score (nSPS) is 22.8. The van der Waals surface area contributed by atoms with Crippen LogP contribution in [0, 0.1) is 12.8 Å². The maximum Gasteiger partial charge on any atom is 0.323 e. The summed E-state index contributed by atoms with van der Waals surface area (Å²) in [6, 6.07) is 12.7. The number of carbonyl (C=O) groups is 3. The first-order valence-corrected chi connectivity index (χ1v) is 13.7. The Morgan fingerprint density at radius 1 is 0.974 bits per heavy atom. The second-order valence-electron chi connectivity index (χ2n) is 10.6. The maximum atomic E-state index is 13.4. The van der Waals surface area contributed by atoms with Crippen LogP contribution in [0.1, 0.15) is 56.6 Å². The van der Waals surface area contributed by atoms with Gasteiger partial charge in [-0.2, -0.15) is 0 Å². The molecule has 1 saturated heterocycles. The molecule has 2 aromatic carbocycles. The molecule has 0 radical (unpaired) electrons. The summed E-state index contributed by atoms with van der Waals surface area (Å²) in [7, 11) is 1.53. The Bertz CT molecular complexity index is 1180. The summed E-state index contributed by atoms with van der Waals surface area (Å²) >= 11 is 0. The number of nitrogens with zero attached hydrogens (tertiary/aromatic N) is 1. The van der Waals surface area contributed by atoms with Gasteiger partial charge in [0.15, 0.2) is 0 Å². The van der Waals surface area contributed by atoms with E-state index in [4.69, 9.17) is 9.47 Å². The third-order valence-electron chi connectivity index (χ3n) is 7.88. The Morgan fingerprint density at radius 2 is 1.69 bits per heavy atom. The zero-order valence-corrected chi connectivity index (χ0v) is 22.9. The molecule has 1 saturated carbocycles. The summed E-state index contributed by atoms with van der Waals surface area (Å²) in [6.07, 6.45) is 4.87. The van der Waals surface area contributed by atoms with E-state index in [0.29, 0.717) is 30.9 Å². The maximum absolute atomic E-state index is 13.4. The fourth-order valence-corrected chi connectivity index (χ4v) is 5.61. The van der Waals surface area contributed by atoms with E-state index in [1.807, 2.05) is 42.2 Å². The molecule has 0 bridgehead atoms. The Labute approximate surface area is 229 Å². The summed E-state index contributed by atoms with van der Waals surface area (Å²) in [5.74, 6) is -0.480. The lowest BCUT2D eigenvalue weighted by atomic mass is 9.87. The van der Waals surface area contributed by atoms with Gasteiger partial charge in [-0.1, -0.05) is 24.3 Å². The predicted octanol–water partition coefficient (Wildman–Crippen LogP) is 5.23. The lowest BCUT2D eigenvalue weighted by molar-refractivity contribution is -0.144. The summed E-state index contributed by atoms with van der Waals surface area (Å²) in [5.41, 5.74) is 2.99. The van der Waals surface area contributed by atoms with Crippen molar-refractivity contribution >= 4 is 29.3 Å². The van der Waals surface area contributed by atoms with E-state index in [1.54, 1.807) is 12.1 Å². The molecule has 2 aromatic rings. The molecule has 39 heavy (non-hydrogen) atoms. The molecule has 2 fully saturated rings. The molecule has 3 amide bonds. The number of urea groups is 1. The van der Waals surface area contributed by atoms with Gasteiger partial charge < -0.3 is 30.1 Å². The van der Waals surface area contributed by atoms with Gasteiger partial charge in [0.25, 0.3) is 0 Å². The highest BCUT2D eigenvalue weighted by Gasteiger charge is 2.35. The number of amides is 3. The fraction of sp³-hybridized carbons (Fsp3) is 0.500. The number of carboxylic acid groups (broad SMARTS) is 1. The van der Waals surface area contributed by atoms with Gasteiger partial charge >= 0.3 is 12.0 Å². The van der Waals surface area contributed by atoms with E-state index in [9.17, 15) is 19.5 Å². The quantitative estimate of drug-likeness (QED) is 0.403. The largest absolute Gasteiger partial charge is 0.495 e. The van der Waals surface area contributed by atoms with Crippen molar-refractivity contribution in [2.24, 2.45) is 5.92 Å². The van der Waals surface area contributed by atoms with Gasteiger partial charge in [0.1, 0.15) is 5.75 Å². The predicted molar refractivity (Wildman–Crippen MR) is 149 cm³/mol. The van der Waals surface area contributed by atoms with Crippen molar-refractivity contribution < 1.29 is 29.0 Å². The molecule has 2 atom stereocenters. The van der Waals surface area contributed by atoms with Crippen LogP contribution in [0.3, 0.4) is 0 Å². The van der Waals surface area contributed by atoms with Crippen molar-refractivity contribution in [3.8, 4) is 5.75 Å². The molecule has 210 valence electrons. The molecule has 0 aromatic heterocycles. The van der Waals surface area contributed by atoms with Gasteiger partial charge in [0.05, 0.1) is 43.9 Å². The van der Waals surface area contributed by atoms with Crippen molar-refractivity contribution in [1.29, 1.82) is 0 Å². The molecular formula is C30H39N3O6. The van der Waals surface area contributed by atoms with Gasteiger partial charge in [0.2, 0.25) is 5.91 Å². The average Bonchev–Trinajstić information content (AvgIpc) is 3.30. The van der Waals surface area contributed by atoms with Crippen LogP contribution in [0.15, 0.2) is 42.5 Å². The number of hydrogen-bond acceptors (Lipinski definition) is 5. The first-order valence-electron chi connectivity index (χ1n) is 13.7. The molecule has 2 aliphatic rings. The summed E-state index contributed by atoms with van der Waals surface area (Å²) < 4.78 is 11.7. The number of rotatable bonds is 9. The van der Waals surface area contributed by atoms with Crippen LogP contribution in [-0.2, 0) is 20.7 Å². The van der Waals surface area contributed by atoms with Crippen molar-refractivity contribution in [2.45, 2.75) is 77.0 Å². The van der Waals surface area contributed by atoms with Crippen LogP contribution in [0.2, 0.25) is 0 Å². The lowest BCUT2D eigenvalue weighted by Crippen LogP contribution is -2.43. The number of nitrogens with one attached hydrogen (secondary N) is 2. The molecule has 9 nitrogen and oxygen atoms in total. The van der Waals surface area contributed by atoms with Gasteiger partial charge in [-0.15, -0.1) is 0 Å². The first kappa shape index (κ1) is 28.4. The Morgan fingerprint density at radius 3 is 2.38 bits per heavy atom. The number of ether oxygens (including phenoxy) is 2. The van der Waals surface area contributed by atoms with Crippen LogP contribution < -0.4 is 15.4 Å². The molecular weight excluding hydrogens is 498 g/mol. The number of aliphatic carboxylic acids is 1. The van der Waals surface area contributed by atoms with Crippen molar-refractivity contribution in [3.63, 3.8) is 0 Å². The van der Waals surface area contributed by atoms with Crippen LogP contribution in [-0.4, -0.2) is 59.8 Å². The van der Waals surface area contributed by atoms with Crippen molar-refractivity contribution in [3.05, 3.63) is 53.6 Å². The second-order valence-corrected chi connectivity index (χ2v) is 10.6. The van der Waals surface area contributed by atoms with Gasteiger partial charge in [-0.05, 0) is 81.7 Å². The number of carboxylic acids is 1. The van der Waals surface area contributed by atoms with Crippen LogP contribution in [0.4, 0.5) is 16.2 Å². The third-order valence-corrected chi connectivity index (χ3v) is 7.88. The Hall–Kier alpha value is -3.59. The van der Waals surface area contributed by atoms with Gasteiger partial charge in [-0.3, -0.25) is 9.59 Å². The molecule has 4 rings (SSSR count). The number of para-hydroxylation sites is 1. The second kappa shape index (κ2) is 13.0. The topological polar surface area (TPSA) is 117 Å². The summed E-state index contributed by atoms with van der Waals surface area (Å²) in [6.45, 7) is 4.46. The number of anilines is 2. The highest BCUT2D eigenvalue weighted by molar-refractivity contribution is 6.01. The van der Waals surface area contributed by atoms with E-state index in [1.165, 1.54) is 7.11 Å². The summed E-state index contributed by atoms with van der Waals surface area (Å²) in [4.78, 5) is 39.1. The first-order chi connectivity index (χ1) is 18.7. The average molecular weight is 538 g/mol. The molecule has 1 aliphatic carbocycles. The Kier molecular flexibility index (Phi) is 9.45. The van der Waals surface area contributed by atoms with Crippen molar-refractivity contribution in [2.75, 3.05) is 24.4 Å². The van der Waals surface area contributed by atoms with E-state index in [-0.39, 0.29) is 42.5 Å². The van der Waals surface area contributed by atoms with Gasteiger partial charge in [0, 0.05) is 11.7 Å². The molecule has 1 aliphatic heterocycles. The van der Waals surface area contributed by atoms with E-state index >= 15 is 0 Å². The third kappa shape index (κ3) is 7.29. The minimum atomic E-state index is -0.721. The Balaban J connectivity index is 1.33. The molecule has 9 heteroatoms. The van der Waals surface area contributed by atoms with E-state index in [2.05, 4.69) is 17.6 Å². The lowest BCUT2D eigenvalue weighted by Gasteiger charge is -2.32.